The standard InChI is InChI=1S/C12H16BrN3O/c1-3-16-11(12(13)9(2)15-16)7-14-6-10-4-5-17-8-10/h4-5,8,14H,3,6-7H2,1-2H3. The molecule has 0 unspecified atom stereocenters. The summed E-state index contributed by atoms with van der Waals surface area (Å²) in [5.41, 5.74) is 3.38. The van der Waals surface area contributed by atoms with E-state index >= 15 is 0 Å². The minimum Gasteiger partial charge on any atom is -0.472 e. The number of aryl methyl sites for hydroxylation is 2. The Morgan fingerprint density at radius 3 is 2.94 bits per heavy atom. The largest absolute Gasteiger partial charge is 0.472 e. The van der Waals surface area contributed by atoms with Crippen LogP contribution in [0.3, 0.4) is 0 Å². The van der Waals surface area contributed by atoms with Crippen molar-refractivity contribution >= 4 is 15.9 Å². The summed E-state index contributed by atoms with van der Waals surface area (Å²) in [7, 11) is 0. The van der Waals surface area contributed by atoms with Crippen molar-refractivity contribution in [1.29, 1.82) is 0 Å². The number of nitrogens with one attached hydrogen (secondary N) is 1. The Morgan fingerprint density at radius 1 is 1.47 bits per heavy atom. The maximum absolute atomic E-state index is 5.02. The number of halogens is 1. The van der Waals surface area contributed by atoms with Gasteiger partial charge in [-0.3, -0.25) is 4.68 Å². The number of furan rings is 1. The molecule has 1 N–H and O–H groups in total. The molecule has 0 atom stereocenters. The van der Waals surface area contributed by atoms with E-state index in [2.05, 4.69) is 33.3 Å². The highest BCUT2D eigenvalue weighted by molar-refractivity contribution is 9.10. The number of hydrogen-bond acceptors (Lipinski definition) is 3. The van der Waals surface area contributed by atoms with Crippen molar-refractivity contribution in [1.82, 2.24) is 15.1 Å². The Kier molecular flexibility index (Phi) is 4.02. The first-order chi connectivity index (χ1) is 8.22. The lowest BCUT2D eigenvalue weighted by atomic mass is 10.3. The normalized spacial score (nSPS) is 11.0. The molecule has 0 spiro atoms. The average Bonchev–Trinajstić information content (AvgIpc) is 2.92. The van der Waals surface area contributed by atoms with Crippen molar-refractivity contribution in [2.24, 2.45) is 0 Å². The first-order valence-electron chi connectivity index (χ1n) is 5.66. The van der Waals surface area contributed by atoms with E-state index < -0.39 is 0 Å². The predicted octanol–water partition coefficient (Wildman–Crippen LogP) is 2.86. The summed E-state index contributed by atoms with van der Waals surface area (Å²) in [4.78, 5) is 0. The molecule has 0 fully saturated rings. The van der Waals surface area contributed by atoms with Crippen molar-refractivity contribution in [3.63, 3.8) is 0 Å². The lowest BCUT2D eigenvalue weighted by Gasteiger charge is -2.06. The highest BCUT2D eigenvalue weighted by Crippen LogP contribution is 2.20. The molecule has 0 saturated heterocycles. The van der Waals surface area contributed by atoms with E-state index in [1.165, 1.54) is 5.69 Å². The zero-order valence-electron chi connectivity index (χ0n) is 10.0. The Bertz CT molecular complexity index is 476. The summed E-state index contributed by atoms with van der Waals surface area (Å²) >= 11 is 3.58. The SMILES string of the molecule is CCn1nc(C)c(Br)c1CNCc1ccoc1. The molecule has 2 heterocycles. The Morgan fingerprint density at radius 2 is 2.29 bits per heavy atom. The molecule has 0 aliphatic rings. The molecule has 92 valence electrons. The molecule has 0 amide bonds. The topological polar surface area (TPSA) is 43.0 Å². The highest BCUT2D eigenvalue weighted by atomic mass is 79.9. The number of hydrogen-bond donors (Lipinski definition) is 1. The van der Waals surface area contributed by atoms with E-state index in [0.29, 0.717) is 0 Å². The van der Waals surface area contributed by atoms with Crippen LogP contribution in [-0.4, -0.2) is 9.78 Å². The first-order valence-corrected chi connectivity index (χ1v) is 6.45. The third kappa shape index (κ3) is 2.79. The molecule has 0 saturated carbocycles. The van der Waals surface area contributed by atoms with Crippen LogP contribution in [0.1, 0.15) is 23.9 Å². The van der Waals surface area contributed by atoms with Crippen molar-refractivity contribution < 1.29 is 4.42 Å². The van der Waals surface area contributed by atoms with E-state index in [-0.39, 0.29) is 0 Å². The van der Waals surface area contributed by atoms with Gasteiger partial charge in [0.25, 0.3) is 0 Å². The minimum atomic E-state index is 0.792. The monoisotopic (exact) mass is 297 g/mol. The van der Waals surface area contributed by atoms with E-state index in [0.717, 1.165) is 35.4 Å². The molecular weight excluding hydrogens is 282 g/mol. The van der Waals surface area contributed by atoms with Crippen molar-refractivity contribution in [3.8, 4) is 0 Å². The molecule has 2 aromatic heterocycles. The maximum Gasteiger partial charge on any atom is 0.0947 e. The molecule has 0 aromatic carbocycles. The quantitative estimate of drug-likeness (QED) is 0.923. The lowest BCUT2D eigenvalue weighted by Crippen LogP contribution is -2.16. The second-order valence-corrected chi connectivity index (χ2v) is 4.69. The Labute approximate surface area is 109 Å². The molecule has 0 radical (unpaired) electrons. The van der Waals surface area contributed by atoms with Gasteiger partial charge in [0.2, 0.25) is 0 Å². The van der Waals surface area contributed by atoms with Crippen molar-refractivity contribution in [3.05, 3.63) is 40.0 Å². The fourth-order valence-corrected chi connectivity index (χ4v) is 2.18. The van der Waals surface area contributed by atoms with Crippen LogP contribution < -0.4 is 5.32 Å². The predicted molar refractivity (Wildman–Crippen MR) is 69.6 cm³/mol. The van der Waals surface area contributed by atoms with Crippen LogP contribution in [0.5, 0.6) is 0 Å². The van der Waals surface area contributed by atoms with Gasteiger partial charge in [-0.2, -0.15) is 5.10 Å². The third-order valence-corrected chi connectivity index (χ3v) is 3.69. The number of rotatable bonds is 5. The van der Waals surface area contributed by atoms with Gasteiger partial charge in [-0.05, 0) is 35.8 Å². The van der Waals surface area contributed by atoms with Gasteiger partial charge in [-0.25, -0.2) is 0 Å². The van der Waals surface area contributed by atoms with Gasteiger partial charge in [0.15, 0.2) is 0 Å². The molecular formula is C12H16BrN3O. The Balaban J connectivity index is 1.98. The maximum atomic E-state index is 5.02. The van der Waals surface area contributed by atoms with Crippen LogP contribution >= 0.6 is 15.9 Å². The van der Waals surface area contributed by atoms with Crippen LogP contribution in [0.4, 0.5) is 0 Å². The van der Waals surface area contributed by atoms with Gasteiger partial charge in [0.05, 0.1) is 28.4 Å². The van der Waals surface area contributed by atoms with Crippen LogP contribution in [0.2, 0.25) is 0 Å². The Hall–Kier alpha value is -1.07. The second kappa shape index (κ2) is 5.51. The van der Waals surface area contributed by atoms with Gasteiger partial charge >= 0.3 is 0 Å². The molecule has 5 heteroatoms. The summed E-state index contributed by atoms with van der Waals surface area (Å²) in [6.45, 7) is 6.58. The lowest BCUT2D eigenvalue weighted by molar-refractivity contribution is 0.554. The fraction of sp³-hybridized carbons (Fsp3) is 0.417. The molecule has 0 aliphatic carbocycles. The number of aromatic nitrogens is 2. The summed E-state index contributed by atoms with van der Waals surface area (Å²) in [5.74, 6) is 0. The molecule has 0 bridgehead atoms. The van der Waals surface area contributed by atoms with Crippen molar-refractivity contribution in [2.45, 2.75) is 33.5 Å². The van der Waals surface area contributed by atoms with E-state index in [1.54, 1.807) is 12.5 Å². The molecule has 2 aromatic rings. The zero-order valence-corrected chi connectivity index (χ0v) is 11.6. The van der Waals surface area contributed by atoms with Crippen LogP contribution in [-0.2, 0) is 19.6 Å². The zero-order chi connectivity index (χ0) is 12.3. The minimum absolute atomic E-state index is 0.792. The molecule has 4 nitrogen and oxygen atoms in total. The first kappa shape index (κ1) is 12.4. The summed E-state index contributed by atoms with van der Waals surface area (Å²) < 4.78 is 8.14. The smallest absolute Gasteiger partial charge is 0.0947 e. The van der Waals surface area contributed by atoms with Gasteiger partial charge in [-0.15, -0.1) is 0 Å². The van der Waals surface area contributed by atoms with E-state index in [4.69, 9.17) is 4.42 Å². The van der Waals surface area contributed by atoms with E-state index in [9.17, 15) is 0 Å². The van der Waals surface area contributed by atoms with Crippen LogP contribution in [0, 0.1) is 6.92 Å². The van der Waals surface area contributed by atoms with E-state index in [1.807, 2.05) is 17.7 Å². The second-order valence-electron chi connectivity index (χ2n) is 3.90. The summed E-state index contributed by atoms with van der Waals surface area (Å²) in [6.07, 6.45) is 3.44. The van der Waals surface area contributed by atoms with Gasteiger partial charge in [0.1, 0.15) is 0 Å². The van der Waals surface area contributed by atoms with Crippen LogP contribution in [0.15, 0.2) is 27.5 Å². The van der Waals surface area contributed by atoms with Gasteiger partial charge in [0, 0.05) is 25.2 Å². The van der Waals surface area contributed by atoms with Crippen molar-refractivity contribution in [2.75, 3.05) is 0 Å². The summed E-state index contributed by atoms with van der Waals surface area (Å²) in [6, 6.07) is 1.96. The molecule has 2 rings (SSSR count). The summed E-state index contributed by atoms with van der Waals surface area (Å²) in [5, 5.41) is 7.84. The third-order valence-electron chi connectivity index (χ3n) is 2.65. The number of nitrogens with zero attached hydrogens (tertiary/aromatic N) is 2. The molecule has 17 heavy (non-hydrogen) atoms. The van der Waals surface area contributed by atoms with Gasteiger partial charge in [-0.1, -0.05) is 0 Å². The van der Waals surface area contributed by atoms with Crippen LogP contribution in [0.25, 0.3) is 0 Å². The highest BCUT2D eigenvalue weighted by Gasteiger charge is 2.11. The fourth-order valence-electron chi connectivity index (χ4n) is 1.76. The van der Waals surface area contributed by atoms with Gasteiger partial charge < -0.3 is 9.73 Å². The molecule has 0 aliphatic heterocycles. The average molecular weight is 298 g/mol.